The Labute approximate surface area is 116 Å². The minimum absolute atomic E-state index is 0.194. The Bertz CT molecular complexity index is 578. The third-order valence-corrected chi connectivity index (χ3v) is 2.35. The highest BCUT2D eigenvalue weighted by molar-refractivity contribution is 6.17. The van der Waals surface area contributed by atoms with E-state index in [1.807, 2.05) is 0 Å². The Kier molecular flexibility index (Phi) is 4.90. The molecule has 0 saturated carbocycles. The van der Waals surface area contributed by atoms with Crippen molar-refractivity contribution >= 4 is 17.2 Å². The summed E-state index contributed by atoms with van der Waals surface area (Å²) in [6, 6.07) is 3.68. The summed E-state index contributed by atoms with van der Waals surface area (Å²) in [6.45, 7) is 1.19. The highest BCUT2D eigenvalue weighted by atomic mass is 19.4. The number of esters is 1. The van der Waals surface area contributed by atoms with Crippen LogP contribution in [0.2, 0.25) is 0 Å². The second-order valence-electron chi connectivity index (χ2n) is 3.75. The van der Waals surface area contributed by atoms with E-state index >= 15 is 0 Å². The molecule has 0 aliphatic heterocycles. The van der Waals surface area contributed by atoms with Crippen LogP contribution in [0.3, 0.4) is 0 Å². The van der Waals surface area contributed by atoms with Crippen molar-refractivity contribution in [1.29, 1.82) is 0 Å². The van der Waals surface area contributed by atoms with Gasteiger partial charge in [-0.25, -0.2) is 4.79 Å². The molecule has 0 unspecified atom stereocenters. The number of non-ortho nitro benzene ring substituents is 1. The fraction of sp³-hybridized carbons (Fsp3) is 0.250. The lowest BCUT2D eigenvalue weighted by Crippen LogP contribution is -2.18. The van der Waals surface area contributed by atoms with Gasteiger partial charge in [-0.05, 0) is 24.6 Å². The smallest absolute Gasteiger partial charge is 0.449 e. The van der Waals surface area contributed by atoms with Crippen molar-refractivity contribution in [3.05, 3.63) is 45.7 Å². The Morgan fingerprint density at radius 1 is 1.33 bits per heavy atom. The summed E-state index contributed by atoms with van der Waals surface area (Å²) in [4.78, 5) is 21.3. The second kappa shape index (κ2) is 6.25. The fourth-order valence-electron chi connectivity index (χ4n) is 1.45. The summed E-state index contributed by atoms with van der Waals surface area (Å²) in [6.07, 6.45) is -5.15. The van der Waals surface area contributed by atoms with Gasteiger partial charge >= 0.3 is 12.1 Å². The van der Waals surface area contributed by atoms with Crippen LogP contribution in [0.25, 0.3) is 5.57 Å². The van der Waals surface area contributed by atoms with Crippen LogP contribution in [0.5, 0.6) is 0 Å². The Balaban J connectivity index is 3.38. The number of rotatable bonds is 4. The number of nitro groups is 1. The van der Waals surface area contributed by atoms with Crippen molar-refractivity contribution in [3.8, 4) is 0 Å². The molecule has 0 amide bonds. The molecule has 9 heteroatoms. The lowest BCUT2D eigenvalue weighted by molar-refractivity contribution is -0.384. The van der Waals surface area contributed by atoms with Crippen LogP contribution < -0.4 is 0 Å². The molecule has 1 aromatic carbocycles. The zero-order chi connectivity index (χ0) is 16.2. The molecule has 1 N–H and O–H groups in total. The van der Waals surface area contributed by atoms with Gasteiger partial charge in [-0.1, -0.05) is 0 Å². The number of nitro benzene ring substituents is 1. The first-order chi connectivity index (χ1) is 9.68. The number of carbonyl (C=O) groups is 1. The van der Waals surface area contributed by atoms with Crippen LogP contribution in [-0.2, 0) is 9.53 Å². The van der Waals surface area contributed by atoms with E-state index in [-0.39, 0.29) is 17.9 Å². The number of allylic oxidation sites excluding steroid dienone is 1. The van der Waals surface area contributed by atoms with Crippen molar-refractivity contribution in [2.24, 2.45) is 0 Å². The third-order valence-electron chi connectivity index (χ3n) is 2.35. The second-order valence-corrected chi connectivity index (χ2v) is 3.75. The van der Waals surface area contributed by atoms with Crippen LogP contribution in [-0.4, -0.2) is 28.8 Å². The van der Waals surface area contributed by atoms with Gasteiger partial charge in [0.05, 0.1) is 11.5 Å². The van der Waals surface area contributed by atoms with Gasteiger partial charge in [-0.15, -0.1) is 0 Å². The van der Waals surface area contributed by atoms with Gasteiger partial charge in [0.2, 0.25) is 5.76 Å². The molecule has 0 fully saturated rings. The fourth-order valence-corrected chi connectivity index (χ4v) is 1.45. The van der Waals surface area contributed by atoms with Gasteiger partial charge in [0, 0.05) is 12.1 Å². The lowest BCUT2D eigenvalue weighted by atomic mass is 10.0. The maximum Gasteiger partial charge on any atom is 0.449 e. The molecule has 0 radical (unpaired) electrons. The predicted molar refractivity (Wildman–Crippen MR) is 65.3 cm³/mol. The molecule has 0 spiro atoms. The highest BCUT2D eigenvalue weighted by Gasteiger charge is 2.39. The normalized spacial score (nSPS) is 12.6. The largest absolute Gasteiger partial charge is 0.504 e. The number of carbonyl (C=O) groups excluding carboxylic acids is 1. The highest BCUT2D eigenvalue weighted by Crippen LogP contribution is 2.32. The van der Waals surface area contributed by atoms with Crippen LogP contribution in [0.4, 0.5) is 18.9 Å². The van der Waals surface area contributed by atoms with Gasteiger partial charge in [-0.3, -0.25) is 10.1 Å². The minimum atomic E-state index is -5.15. The van der Waals surface area contributed by atoms with Crippen molar-refractivity contribution in [2.75, 3.05) is 6.61 Å². The van der Waals surface area contributed by atoms with E-state index in [2.05, 4.69) is 4.74 Å². The van der Waals surface area contributed by atoms with E-state index in [0.717, 1.165) is 24.3 Å². The molecule has 0 bridgehead atoms. The topological polar surface area (TPSA) is 89.7 Å². The number of aliphatic hydroxyl groups is 1. The summed E-state index contributed by atoms with van der Waals surface area (Å²) in [5, 5.41) is 19.7. The average Bonchev–Trinajstić information content (AvgIpc) is 2.38. The molecule has 0 heterocycles. The monoisotopic (exact) mass is 305 g/mol. The molecule has 1 aromatic rings. The number of hydrogen-bond donors (Lipinski definition) is 1. The van der Waals surface area contributed by atoms with Crippen LogP contribution >= 0.6 is 0 Å². The first-order valence-corrected chi connectivity index (χ1v) is 5.60. The van der Waals surface area contributed by atoms with Crippen molar-refractivity contribution in [1.82, 2.24) is 0 Å². The van der Waals surface area contributed by atoms with Crippen LogP contribution in [0.1, 0.15) is 12.5 Å². The van der Waals surface area contributed by atoms with Crippen LogP contribution in [0.15, 0.2) is 30.0 Å². The summed E-state index contributed by atoms with van der Waals surface area (Å²) in [5.41, 5.74) is -1.80. The van der Waals surface area contributed by atoms with Gasteiger partial charge in [-0.2, -0.15) is 13.2 Å². The van der Waals surface area contributed by atoms with Gasteiger partial charge in [0.1, 0.15) is 5.57 Å². The lowest BCUT2D eigenvalue weighted by Gasteiger charge is -2.12. The van der Waals surface area contributed by atoms with E-state index in [4.69, 9.17) is 0 Å². The molecular formula is C12H10F3NO5. The van der Waals surface area contributed by atoms with E-state index in [1.165, 1.54) is 6.92 Å². The number of nitrogens with zero attached hydrogens (tertiary/aromatic N) is 1. The van der Waals surface area contributed by atoms with Gasteiger partial charge < -0.3 is 9.84 Å². The number of benzene rings is 1. The molecule has 114 valence electrons. The SMILES string of the molecule is CCOC(=O)/C(=C(\O)C(F)(F)F)c1ccc([N+](=O)[O-])cc1. The van der Waals surface area contributed by atoms with Crippen molar-refractivity contribution in [2.45, 2.75) is 13.1 Å². The van der Waals surface area contributed by atoms with Crippen molar-refractivity contribution < 1.29 is 32.7 Å². The Hall–Kier alpha value is -2.58. The van der Waals surface area contributed by atoms with E-state index < -0.39 is 28.4 Å². The summed E-state index contributed by atoms with van der Waals surface area (Å²) >= 11 is 0. The molecule has 0 aliphatic carbocycles. The number of ether oxygens (including phenoxy) is 1. The number of hydrogen-bond acceptors (Lipinski definition) is 5. The van der Waals surface area contributed by atoms with E-state index in [9.17, 15) is 33.2 Å². The summed E-state index contributed by atoms with van der Waals surface area (Å²) in [7, 11) is 0. The average molecular weight is 305 g/mol. The van der Waals surface area contributed by atoms with Gasteiger partial charge in [0.25, 0.3) is 5.69 Å². The molecule has 0 atom stereocenters. The number of alkyl halides is 3. The minimum Gasteiger partial charge on any atom is -0.504 e. The maximum atomic E-state index is 12.6. The van der Waals surface area contributed by atoms with Crippen molar-refractivity contribution in [3.63, 3.8) is 0 Å². The molecule has 0 saturated heterocycles. The Morgan fingerprint density at radius 3 is 2.24 bits per heavy atom. The van der Waals surface area contributed by atoms with E-state index in [0.29, 0.717) is 0 Å². The molecular weight excluding hydrogens is 295 g/mol. The standard InChI is InChI=1S/C12H10F3NO5/c1-2-21-11(18)9(10(17)12(13,14)15)7-3-5-8(6-4-7)16(19)20/h3-6,17H,2H2,1H3/b10-9-. The molecule has 1 rings (SSSR count). The molecule has 0 aromatic heterocycles. The van der Waals surface area contributed by atoms with E-state index in [1.54, 1.807) is 0 Å². The zero-order valence-electron chi connectivity index (χ0n) is 10.7. The number of halogens is 3. The quantitative estimate of drug-likeness (QED) is 0.304. The predicted octanol–water partition coefficient (Wildman–Crippen LogP) is 2.99. The third kappa shape index (κ3) is 3.94. The van der Waals surface area contributed by atoms with Gasteiger partial charge in [0.15, 0.2) is 0 Å². The maximum absolute atomic E-state index is 12.6. The zero-order valence-corrected chi connectivity index (χ0v) is 10.7. The molecule has 0 aliphatic rings. The number of aliphatic hydroxyl groups excluding tert-OH is 1. The molecule has 6 nitrogen and oxygen atoms in total. The van der Waals surface area contributed by atoms with Crippen LogP contribution in [0, 0.1) is 10.1 Å². The Morgan fingerprint density at radius 2 is 1.86 bits per heavy atom. The first-order valence-electron chi connectivity index (χ1n) is 5.60. The first kappa shape index (κ1) is 16.5. The summed E-state index contributed by atoms with van der Waals surface area (Å²) < 4.78 is 42.2. The summed E-state index contributed by atoms with van der Waals surface area (Å²) in [5.74, 6) is -3.49. The molecule has 21 heavy (non-hydrogen) atoms.